The van der Waals surface area contributed by atoms with Gasteiger partial charge in [0.05, 0.1) is 9.80 Å². The minimum Gasteiger partial charge on any atom is -0.338 e. The van der Waals surface area contributed by atoms with Gasteiger partial charge in [-0.3, -0.25) is 19.3 Å². The normalized spacial score (nSPS) is 19.2. The highest BCUT2D eigenvalue weighted by Gasteiger charge is 2.38. The molecule has 0 spiro atoms. The third-order valence-corrected chi connectivity index (χ3v) is 8.63. The minimum absolute atomic E-state index is 0.0325. The summed E-state index contributed by atoms with van der Waals surface area (Å²) in [4.78, 5) is 40.8. The van der Waals surface area contributed by atoms with Gasteiger partial charge >= 0.3 is 0 Å². The Morgan fingerprint density at radius 2 is 1.84 bits per heavy atom. The van der Waals surface area contributed by atoms with Gasteiger partial charge in [-0.25, -0.2) is 12.8 Å². The predicted octanol–water partition coefficient (Wildman–Crippen LogP) is 2.46. The summed E-state index contributed by atoms with van der Waals surface area (Å²) in [7, 11) is -3.88. The summed E-state index contributed by atoms with van der Waals surface area (Å²) in [5, 5.41) is 1.34. The monoisotopic (exact) mass is 495 g/mol. The zero-order valence-electron chi connectivity index (χ0n) is 16.6. The molecule has 0 bridgehead atoms. The Kier molecular flexibility index (Phi) is 6.47. The number of piperazine rings is 1. The van der Waals surface area contributed by atoms with Gasteiger partial charge in [0.25, 0.3) is 11.1 Å². The van der Waals surface area contributed by atoms with E-state index < -0.39 is 39.4 Å². The first-order valence-corrected chi connectivity index (χ1v) is 12.7. The lowest BCUT2D eigenvalue weighted by atomic mass is 10.3. The van der Waals surface area contributed by atoms with E-state index in [0.29, 0.717) is 0 Å². The summed E-state index contributed by atoms with van der Waals surface area (Å²) >= 11 is 2.22. The van der Waals surface area contributed by atoms with Crippen LogP contribution in [0.1, 0.15) is 4.88 Å². The number of hydrogen-bond donors (Lipinski definition) is 0. The first-order valence-electron chi connectivity index (χ1n) is 9.58. The van der Waals surface area contributed by atoms with Crippen molar-refractivity contribution < 1.29 is 27.2 Å². The number of sulfonamides is 1. The van der Waals surface area contributed by atoms with Gasteiger partial charge in [0.2, 0.25) is 15.9 Å². The van der Waals surface area contributed by atoms with E-state index in [1.54, 1.807) is 6.08 Å². The number of carbonyl (C=O) groups is 3. The lowest BCUT2D eigenvalue weighted by molar-refractivity contribution is -0.136. The number of carbonyl (C=O) groups excluding carboxylic acids is 3. The highest BCUT2D eigenvalue weighted by Crippen LogP contribution is 2.33. The van der Waals surface area contributed by atoms with Gasteiger partial charge < -0.3 is 4.90 Å². The Labute approximate surface area is 192 Å². The van der Waals surface area contributed by atoms with Gasteiger partial charge in [0, 0.05) is 31.1 Å². The zero-order chi connectivity index (χ0) is 22.9. The number of thiophene rings is 1. The zero-order valence-corrected chi connectivity index (χ0v) is 19.1. The van der Waals surface area contributed by atoms with Crippen molar-refractivity contribution in [2.45, 2.75) is 4.90 Å². The summed E-state index contributed by atoms with van der Waals surface area (Å²) in [6, 6.07) is 8.41. The van der Waals surface area contributed by atoms with Crippen LogP contribution >= 0.6 is 23.1 Å². The van der Waals surface area contributed by atoms with E-state index in [0.717, 1.165) is 33.7 Å². The van der Waals surface area contributed by atoms with Crippen LogP contribution in [0, 0.1) is 5.82 Å². The molecule has 2 saturated heterocycles. The second-order valence-electron chi connectivity index (χ2n) is 7.03. The second kappa shape index (κ2) is 9.14. The molecule has 12 heteroatoms. The van der Waals surface area contributed by atoms with Crippen molar-refractivity contribution in [1.29, 1.82) is 0 Å². The Morgan fingerprint density at radius 1 is 1.09 bits per heavy atom. The quantitative estimate of drug-likeness (QED) is 0.592. The number of nitrogens with zero attached hydrogens (tertiary/aromatic N) is 3. The van der Waals surface area contributed by atoms with E-state index in [-0.39, 0.29) is 36.0 Å². The van der Waals surface area contributed by atoms with E-state index in [4.69, 9.17) is 0 Å². The summed E-state index contributed by atoms with van der Waals surface area (Å²) in [6.07, 6.45) is 1.62. The second-order valence-corrected chi connectivity index (χ2v) is 10.9. The first kappa shape index (κ1) is 22.6. The fraction of sp³-hybridized carbons (Fsp3) is 0.250. The fourth-order valence-electron chi connectivity index (χ4n) is 3.33. The molecule has 3 heterocycles. The average molecular weight is 496 g/mol. The molecule has 168 valence electrons. The summed E-state index contributed by atoms with van der Waals surface area (Å²) in [5.74, 6) is -1.60. The molecule has 8 nitrogen and oxygen atoms in total. The number of halogens is 1. The highest BCUT2D eigenvalue weighted by molar-refractivity contribution is 8.18. The van der Waals surface area contributed by atoms with Gasteiger partial charge in [-0.2, -0.15) is 4.31 Å². The molecule has 0 aliphatic carbocycles. The van der Waals surface area contributed by atoms with Crippen LogP contribution in [-0.4, -0.2) is 72.3 Å². The van der Waals surface area contributed by atoms with Crippen molar-refractivity contribution in [2.24, 2.45) is 0 Å². The van der Waals surface area contributed by atoms with Crippen LogP contribution < -0.4 is 0 Å². The number of imide groups is 1. The molecular formula is C20H18FN3O5S3. The molecule has 0 radical (unpaired) electrons. The molecule has 32 heavy (non-hydrogen) atoms. The molecule has 2 fully saturated rings. The van der Waals surface area contributed by atoms with Crippen LogP contribution in [0.15, 0.2) is 51.6 Å². The molecule has 2 aliphatic rings. The van der Waals surface area contributed by atoms with Crippen molar-refractivity contribution in [3.05, 3.63) is 57.4 Å². The molecule has 1 aromatic heterocycles. The average Bonchev–Trinajstić information content (AvgIpc) is 3.38. The van der Waals surface area contributed by atoms with E-state index >= 15 is 0 Å². The van der Waals surface area contributed by atoms with E-state index in [9.17, 15) is 27.2 Å². The number of rotatable bonds is 5. The maximum Gasteiger partial charge on any atom is 0.294 e. The highest BCUT2D eigenvalue weighted by atomic mass is 32.2. The Balaban J connectivity index is 1.37. The van der Waals surface area contributed by atoms with Crippen LogP contribution in [0.3, 0.4) is 0 Å². The molecule has 2 aromatic rings. The number of benzene rings is 1. The van der Waals surface area contributed by atoms with Crippen molar-refractivity contribution in [1.82, 2.24) is 14.1 Å². The standard InChI is InChI=1S/C20H18FN3O5S3/c21-14-3-1-5-16(11-14)32(28,29)23-8-6-22(7-9-23)18(25)13-24-19(26)17(31-20(24)27)12-15-4-2-10-30-15/h1-5,10-12H,6-9,13H2/b17-12-. The molecule has 0 saturated carbocycles. The molecule has 0 unspecified atom stereocenters. The maximum absolute atomic E-state index is 13.4. The largest absolute Gasteiger partial charge is 0.338 e. The van der Waals surface area contributed by atoms with Gasteiger partial charge in [-0.1, -0.05) is 12.1 Å². The molecule has 0 atom stereocenters. The SMILES string of the molecule is O=C(CN1C(=O)S/C(=C\c2cccs2)C1=O)N1CCN(S(=O)(=O)c2cccc(F)c2)CC1. The minimum atomic E-state index is -3.88. The van der Waals surface area contributed by atoms with E-state index in [2.05, 4.69) is 0 Å². The van der Waals surface area contributed by atoms with Crippen LogP contribution in [0.2, 0.25) is 0 Å². The van der Waals surface area contributed by atoms with Crippen LogP contribution in [0.4, 0.5) is 9.18 Å². The topological polar surface area (TPSA) is 95.1 Å². The molecule has 4 rings (SSSR count). The predicted molar refractivity (Wildman–Crippen MR) is 119 cm³/mol. The van der Waals surface area contributed by atoms with Crippen LogP contribution in [-0.2, 0) is 19.6 Å². The number of thioether (sulfide) groups is 1. The van der Waals surface area contributed by atoms with Gasteiger partial charge in [0.1, 0.15) is 12.4 Å². The molecule has 3 amide bonds. The fourth-order valence-corrected chi connectivity index (χ4v) is 6.34. The third-order valence-electron chi connectivity index (χ3n) is 5.01. The Morgan fingerprint density at radius 3 is 2.50 bits per heavy atom. The van der Waals surface area contributed by atoms with Crippen molar-refractivity contribution in [2.75, 3.05) is 32.7 Å². The lowest BCUT2D eigenvalue weighted by Crippen LogP contribution is -2.52. The summed E-state index contributed by atoms with van der Waals surface area (Å²) in [5.41, 5.74) is 0. The molecular weight excluding hydrogens is 477 g/mol. The van der Waals surface area contributed by atoms with Gasteiger partial charge in [-0.05, 0) is 47.5 Å². The maximum atomic E-state index is 13.4. The van der Waals surface area contributed by atoms with Gasteiger partial charge in [0.15, 0.2) is 0 Å². The third kappa shape index (κ3) is 4.63. The molecule has 0 N–H and O–H groups in total. The molecule has 1 aromatic carbocycles. The lowest BCUT2D eigenvalue weighted by Gasteiger charge is -2.34. The first-order chi connectivity index (χ1) is 15.3. The Hall–Kier alpha value is -2.54. The van der Waals surface area contributed by atoms with Gasteiger partial charge in [-0.15, -0.1) is 11.3 Å². The van der Waals surface area contributed by atoms with E-state index in [1.165, 1.54) is 32.7 Å². The smallest absolute Gasteiger partial charge is 0.294 e. The van der Waals surface area contributed by atoms with Crippen molar-refractivity contribution in [3.8, 4) is 0 Å². The summed E-state index contributed by atoms with van der Waals surface area (Å²) < 4.78 is 40.0. The van der Waals surface area contributed by atoms with Crippen LogP contribution in [0.25, 0.3) is 6.08 Å². The number of hydrogen-bond acceptors (Lipinski definition) is 7. The van der Waals surface area contributed by atoms with Crippen LogP contribution in [0.5, 0.6) is 0 Å². The van der Waals surface area contributed by atoms with Crippen molar-refractivity contribution in [3.63, 3.8) is 0 Å². The Bertz CT molecular complexity index is 1190. The summed E-state index contributed by atoms with van der Waals surface area (Å²) in [6.45, 7) is -0.123. The van der Waals surface area contributed by atoms with E-state index in [1.807, 2.05) is 17.5 Å². The van der Waals surface area contributed by atoms with Crippen molar-refractivity contribution >= 4 is 56.3 Å². The number of amides is 3. The molecule has 2 aliphatic heterocycles.